The van der Waals surface area contributed by atoms with Crippen molar-refractivity contribution in [1.82, 2.24) is 9.59 Å². The van der Waals surface area contributed by atoms with E-state index in [1.807, 2.05) is 23.6 Å². The van der Waals surface area contributed by atoms with Crippen molar-refractivity contribution < 1.29 is 4.74 Å². The average Bonchev–Trinajstić information content (AvgIpc) is 3.32. The van der Waals surface area contributed by atoms with Gasteiger partial charge in [0.25, 0.3) is 0 Å². The number of anilines is 2. The van der Waals surface area contributed by atoms with Crippen LogP contribution in [0.15, 0.2) is 78.2 Å². The van der Waals surface area contributed by atoms with Crippen LogP contribution in [0.1, 0.15) is 11.1 Å². The van der Waals surface area contributed by atoms with Crippen LogP contribution in [-0.2, 0) is 13.1 Å². The van der Waals surface area contributed by atoms with Gasteiger partial charge >= 0.3 is 0 Å². The Kier molecular flexibility index (Phi) is 6.02. The monoisotopic (exact) mass is 402 g/mol. The van der Waals surface area contributed by atoms with Gasteiger partial charge in [-0.2, -0.15) is 0 Å². The molecule has 2 N–H and O–H groups in total. The summed E-state index contributed by atoms with van der Waals surface area (Å²) in [5.41, 5.74) is 6.55. The number of methoxy groups -OCH3 is 1. The highest BCUT2D eigenvalue weighted by Crippen LogP contribution is 2.20. The Hall–Kier alpha value is -3.38. The van der Waals surface area contributed by atoms with Gasteiger partial charge in [-0.05, 0) is 53.0 Å². The molecule has 0 amide bonds. The van der Waals surface area contributed by atoms with Crippen molar-refractivity contribution in [2.24, 2.45) is 0 Å². The number of nitrogens with zero attached hydrogens (tertiary/aromatic N) is 2. The zero-order chi connectivity index (χ0) is 19.9. The van der Waals surface area contributed by atoms with Crippen molar-refractivity contribution in [1.29, 1.82) is 0 Å². The highest BCUT2D eigenvalue weighted by molar-refractivity contribution is 7.03. The molecule has 4 aromatic rings. The maximum atomic E-state index is 5.28. The molecule has 3 aromatic carbocycles. The lowest BCUT2D eigenvalue weighted by molar-refractivity contribution is 0.414. The van der Waals surface area contributed by atoms with Gasteiger partial charge in [-0.3, -0.25) is 0 Å². The largest absolute Gasteiger partial charge is 0.497 e. The molecule has 1 aromatic heterocycles. The Morgan fingerprint density at radius 2 is 1.55 bits per heavy atom. The van der Waals surface area contributed by atoms with Crippen LogP contribution in [-0.4, -0.2) is 16.7 Å². The minimum absolute atomic E-state index is 0.744. The van der Waals surface area contributed by atoms with E-state index in [1.54, 1.807) is 7.11 Å². The van der Waals surface area contributed by atoms with Crippen LogP contribution in [0.25, 0.3) is 11.3 Å². The molecule has 0 unspecified atom stereocenters. The molecule has 0 aliphatic heterocycles. The first-order valence-electron chi connectivity index (χ1n) is 9.37. The van der Waals surface area contributed by atoms with E-state index in [1.165, 1.54) is 22.7 Å². The minimum Gasteiger partial charge on any atom is -0.497 e. The van der Waals surface area contributed by atoms with Gasteiger partial charge in [-0.25, -0.2) is 0 Å². The van der Waals surface area contributed by atoms with Gasteiger partial charge in [0, 0.05) is 35.4 Å². The first kappa shape index (κ1) is 19.0. The quantitative estimate of drug-likeness (QED) is 0.411. The van der Waals surface area contributed by atoms with Crippen molar-refractivity contribution in [2.45, 2.75) is 13.1 Å². The summed E-state index contributed by atoms with van der Waals surface area (Å²) in [6.45, 7) is 1.50. The van der Waals surface area contributed by atoms with Crippen molar-refractivity contribution in [3.8, 4) is 17.0 Å². The molecule has 5 nitrogen and oxygen atoms in total. The topological polar surface area (TPSA) is 59.1 Å². The fraction of sp³-hybridized carbons (Fsp3) is 0.130. The van der Waals surface area contributed by atoms with Gasteiger partial charge in [0.1, 0.15) is 11.4 Å². The third-order valence-electron chi connectivity index (χ3n) is 4.60. The SMILES string of the molecule is COc1cccc(CNc2cccc(NCc3ccc(-c4csnn4)cc3)c2)c1. The van der Waals surface area contributed by atoms with Gasteiger partial charge in [-0.15, -0.1) is 5.10 Å². The summed E-state index contributed by atoms with van der Waals surface area (Å²) in [7, 11) is 1.69. The molecular weight excluding hydrogens is 380 g/mol. The first-order valence-corrected chi connectivity index (χ1v) is 10.2. The van der Waals surface area contributed by atoms with Crippen LogP contribution in [0.5, 0.6) is 5.75 Å². The Morgan fingerprint density at radius 1 is 0.828 bits per heavy atom. The predicted octanol–water partition coefficient (Wildman–Crippen LogP) is 5.44. The fourth-order valence-corrected chi connectivity index (χ4v) is 3.48. The van der Waals surface area contributed by atoms with Crippen LogP contribution < -0.4 is 15.4 Å². The van der Waals surface area contributed by atoms with Crippen LogP contribution in [0.4, 0.5) is 11.4 Å². The van der Waals surface area contributed by atoms with Crippen LogP contribution >= 0.6 is 11.5 Å². The molecule has 0 saturated heterocycles. The van der Waals surface area contributed by atoms with Gasteiger partial charge in [0.05, 0.1) is 7.11 Å². The Bertz CT molecular complexity index is 1050. The number of hydrogen-bond donors (Lipinski definition) is 2. The smallest absolute Gasteiger partial charge is 0.119 e. The summed E-state index contributed by atoms with van der Waals surface area (Å²) in [6, 6.07) is 24.8. The van der Waals surface area contributed by atoms with E-state index < -0.39 is 0 Å². The lowest BCUT2D eigenvalue weighted by Gasteiger charge is -2.11. The van der Waals surface area contributed by atoms with Crippen molar-refractivity contribution in [2.75, 3.05) is 17.7 Å². The average molecular weight is 403 g/mol. The van der Waals surface area contributed by atoms with E-state index in [0.29, 0.717) is 0 Å². The van der Waals surface area contributed by atoms with Crippen molar-refractivity contribution in [3.63, 3.8) is 0 Å². The Morgan fingerprint density at radius 3 is 2.24 bits per heavy atom. The summed E-state index contributed by atoms with van der Waals surface area (Å²) in [5.74, 6) is 0.872. The van der Waals surface area contributed by atoms with E-state index >= 15 is 0 Å². The molecule has 6 heteroatoms. The number of ether oxygens (including phenoxy) is 1. The highest BCUT2D eigenvalue weighted by atomic mass is 32.1. The van der Waals surface area contributed by atoms with Gasteiger partial charge in [0.2, 0.25) is 0 Å². The van der Waals surface area contributed by atoms with E-state index in [4.69, 9.17) is 4.74 Å². The molecule has 0 radical (unpaired) electrons. The van der Waals surface area contributed by atoms with Crippen LogP contribution in [0, 0.1) is 0 Å². The molecule has 0 bridgehead atoms. The summed E-state index contributed by atoms with van der Waals surface area (Å²) in [5, 5.41) is 13.0. The Labute approximate surface area is 174 Å². The minimum atomic E-state index is 0.744. The molecule has 29 heavy (non-hydrogen) atoms. The normalized spacial score (nSPS) is 10.5. The number of nitrogens with one attached hydrogen (secondary N) is 2. The Balaban J connectivity index is 1.34. The second-order valence-electron chi connectivity index (χ2n) is 6.63. The summed E-state index contributed by atoms with van der Waals surface area (Å²) in [6.07, 6.45) is 0. The number of aromatic nitrogens is 2. The molecule has 0 spiro atoms. The number of hydrogen-bond acceptors (Lipinski definition) is 6. The second-order valence-corrected chi connectivity index (χ2v) is 7.24. The van der Waals surface area contributed by atoms with Gasteiger partial charge in [-0.1, -0.05) is 47.0 Å². The molecule has 0 saturated carbocycles. The third kappa shape index (κ3) is 5.12. The zero-order valence-corrected chi connectivity index (χ0v) is 16.9. The highest BCUT2D eigenvalue weighted by Gasteiger charge is 2.02. The number of benzene rings is 3. The van der Waals surface area contributed by atoms with Crippen LogP contribution in [0.2, 0.25) is 0 Å². The molecule has 0 aliphatic carbocycles. The van der Waals surface area contributed by atoms with Crippen LogP contribution in [0.3, 0.4) is 0 Å². The molecule has 4 rings (SSSR count). The van der Waals surface area contributed by atoms with Crippen molar-refractivity contribution >= 4 is 22.9 Å². The van der Waals surface area contributed by atoms with E-state index in [2.05, 4.69) is 74.8 Å². The van der Waals surface area contributed by atoms with E-state index in [0.717, 1.165) is 41.5 Å². The maximum Gasteiger partial charge on any atom is 0.119 e. The molecule has 1 heterocycles. The zero-order valence-electron chi connectivity index (χ0n) is 16.1. The second kappa shape index (κ2) is 9.21. The summed E-state index contributed by atoms with van der Waals surface area (Å²) < 4.78 is 9.20. The standard InChI is InChI=1S/C23H22N4OS/c1-28-22-7-2-4-18(12-22)15-25-21-6-3-5-20(13-21)24-14-17-8-10-19(11-9-17)23-16-29-27-26-23/h2-13,16,24-25H,14-15H2,1H3. The van der Waals surface area contributed by atoms with E-state index in [-0.39, 0.29) is 0 Å². The predicted molar refractivity (Wildman–Crippen MR) is 119 cm³/mol. The number of rotatable bonds is 8. The lowest BCUT2D eigenvalue weighted by atomic mass is 10.1. The fourth-order valence-electron chi connectivity index (χ4n) is 3.01. The summed E-state index contributed by atoms with van der Waals surface area (Å²) in [4.78, 5) is 0. The van der Waals surface area contributed by atoms with Gasteiger partial charge < -0.3 is 15.4 Å². The molecule has 0 aliphatic rings. The molecular formula is C23H22N4OS. The lowest BCUT2D eigenvalue weighted by Crippen LogP contribution is -2.02. The third-order valence-corrected chi connectivity index (χ3v) is 5.10. The first-order chi connectivity index (χ1) is 14.3. The molecule has 0 fully saturated rings. The molecule has 0 atom stereocenters. The van der Waals surface area contributed by atoms with Crippen molar-refractivity contribution in [3.05, 3.63) is 89.3 Å². The van der Waals surface area contributed by atoms with E-state index in [9.17, 15) is 0 Å². The molecule has 146 valence electrons. The van der Waals surface area contributed by atoms with Gasteiger partial charge in [0.15, 0.2) is 0 Å². The maximum absolute atomic E-state index is 5.28. The summed E-state index contributed by atoms with van der Waals surface area (Å²) >= 11 is 1.37.